The highest BCUT2D eigenvalue weighted by atomic mass is 16.1. The van der Waals surface area contributed by atoms with Gasteiger partial charge < -0.3 is 5.32 Å². The van der Waals surface area contributed by atoms with Crippen molar-refractivity contribution < 1.29 is 4.79 Å². The zero-order valence-corrected chi connectivity index (χ0v) is 16.8. The molecule has 0 bridgehead atoms. The molecule has 0 saturated heterocycles. The molecule has 0 radical (unpaired) electrons. The Kier molecular flexibility index (Phi) is 4.99. The summed E-state index contributed by atoms with van der Waals surface area (Å²) in [6.45, 7) is 0.712. The SMILES string of the molecule is O=C(Nc1cccc2cccnc12)c1ccccc1-c1ccc(Cn2cccn2)cc1. The van der Waals surface area contributed by atoms with E-state index in [1.54, 1.807) is 12.4 Å². The van der Waals surface area contributed by atoms with E-state index in [9.17, 15) is 4.79 Å². The lowest BCUT2D eigenvalue weighted by molar-refractivity contribution is 0.102. The maximum atomic E-state index is 13.2. The number of anilines is 1. The van der Waals surface area contributed by atoms with Gasteiger partial charge in [0.15, 0.2) is 0 Å². The number of benzene rings is 3. The number of aromatic nitrogens is 3. The van der Waals surface area contributed by atoms with Crippen LogP contribution in [0.4, 0.5) is 5.69 Å². The van der Waals surface area contributed by atoms with E-state index in [4.69, 9.17) is 0 Å². The smallest absolute Gasteiger partial charge is 0.256 e. The van der Waals surface area contributed by atoms with Gasteiger partial charge in [-0.2, -0.15) is 5.10 Å². The van der Waals surface area contributed by atoms with Crippen LogP contribution in [0.1, 0.15) is 15.9 Å². The minimum atomic E-state index is -0.158. The molecule has 0 aliphatic heterocycles. The van der Waals surface area contributed by atoms with Crippen LogP contribution in [-0.2, 0) is 6.54 Å². The second-order valence-electron chi connectivity index (χ2n) is 7.28. The first-order valence-corrected chi connectivity index (χ1v) is 10.1. The Balaban J connectivity index is 1.43. The minimum absolute atomic E-state index is 0.158. The largest absolute Gasteiger partial charge is 0.320 e. The van der Waals surface area contributed by atoms with Gasteiger partial charge in [0.2, 0.25) is 0 Å². The number of carbonyl (C=O) groups excluding carboxylic acids is 1. The van der Waals surface area contributed by atoms with E-state index in [-0.39, 0.29) is 5.91 Å². The van der Waals surface area contributed by atoms with Gasteiger partial charge in [-0.3, -0.25) is 14.5 Å². The molecular formula is C26H20N4O. The Bertz CT molecular complexity index is 1340. The van der Waals surface area contributed by atoms with Gasteiger partial charge in [0, 0.05) is 29.5 Å². The fourth-order valence-corrected chi connectivity index (χ4v) is 3.70. The second-order valence-corrected chi connectivity index (χ2v) is 7.28. The highest BCUT2D eigenvalue weighted by Crippen LogP contribution is 2.27. The molecule has 5 aromatic rings. The fraction of sp³-hybridized carbons (Fsp3) is 0.0385. The molecule has 2 heterocycles. The topological polar surface area (TPSA) is 59.8 Å². The number of nitrogens with one attached hydrogen (secondary N) is 1. The molecule has 0 unspecified atom stereocenters. The van der Waals surface area contributed by atoms with Crippen molar-refractivity contribution in [2.75, 3.05) is 5.32 Å². The van der Waals surface area contributed by atoms with Gasteiger partial charge in [-0.05, 0) is 41.0 Å². The van der Waals surface area contributed by atoms with Crippen LogP contribution in [0, 0.1) is 0 Å². The van der Waals surface area contributed by atoms with Gasteiger partial charge in [0.1, 0.15) is 0 Å². The van der Waals surface area contributed by atoms with Crippen LogP contribution in [-0.4, -0.2) is 20.7 Å². The molecule has 1 N–H and O–H groups in total. The van der Waals surface area contributed by atoms with Gasteiger partial charge >= 0.3 is 0 Å². The number of amides is 1. The highest BCUT2D eigenvalue weighted by Gasteiger charge is 2.14. The van der Waals surface area contributed by atoms with E-state index in [1.165, 1.54) is 0 Å². The summed E-state index contributed by atoms with van der Waals surface area (Å²) in [5.41, 5.74) is 5.13. The average molecular weight is 404 g/mol. The molecule has 1 amide bonds. The van der Waals surface area contributed by atoms with Crippen molar-refractivity contribution in [3.63, 3.8) is 0 Å². The molecule has 5 rings (SSSR count). The summed E-state index contributed by atoms with van der Waals surface area (Å²) in [6.07, 6.45) is 5.45. The average Bonchev–Trinajstić information content (AvgIpc) is 3.33. The lowest BCUT2D eigenvalue weighted by atomic mass is 9.98. The Hall–Kier alpha value is -4.25. The van der Waals surface area contributed by atoms with Crippen LogP contribution < -0.4 is 5.32 Å². The standard InChI is InChI=1S/C26H20N4O/c31-26(29-24-10-3-6-21-7-4-15-27-25(21)24)23-9-2-1-8-22(23)20-13-11-19(12-14-20)18-30-17-5-16-28-30/h1-17H,18H2,(H,29,31). The summed E-state index contributed by atoms with van der Waals surface area (Å²) in [5.74, 6) is -0.158. The molecule has 0 spiro atoms. The van der Waals surface area contributed by atoms with Gasteiger partial charge in [0.05, 0.1) is 17.7 Å². The first-order valence-electron chi connectivity index (χ1n) is 10.1. The molecule has 2 aromatic heterocycles. The number of pyridine rings is 1. The zero-order valence-electron chi connectivity index (χ0n) is 16.8. The molecule has 0 aliphatic rings. The van der Waals surface area contributed by atoms with Gasteiger partial charge in [0.25, 0.3) is 5.91 Å². The predicted molar refractivity (Wildman–Crippen MR) is 123 cm³/mol. The molecule has 0 saturated carbocycles. The third-order valence-electron chi connectivity index (χ3n) is 5.22. The Morgan fingerprint density at radius 1 is 0.839 bits per heavy atom. The van der Waals surface area contributed by atoms with E-state index in [0.717, 1.165) is 27.6 Å². The number of para-hydroxylation sites is 1. The predicted octanol–water partition coefficient (Wildman–Crippen LogP) is 5.40. The van der Waals surface area contributed by atoms with E-state index in [1.807, 2.05) is 83.7 Å². The van der Waals surface area contributed by atoms with Crippen LogP contribution in [0.5, 0.6) is 0 Å². The van der Waals surface area contributed by atoms with Crippen LogP contribution >= 0.6 is 0 Å². The first kappa shape index (κ1) is 18.8. The minimum Gasteiger partial charge on any atom is -0.320 e. The Morgan fingerprint density at radius 2 is 1.68 bits per heavy atom. The lowest BCUT2D eigenvalue weighted by Crippen LogP contribution is -2.13. The number of nitrogens with zero attached hydrogens (tertiary/aromatic N) is 3. The maximum Gasteiger partial charge on any atom is 0.256 e. The van der Waals surface area contributed by atoms with Crippen molar-refractivity contribution in [3.8, 4) is 11.1 Å². The van der Waals surface area contributed by atoms with Gasteiger partial charge in [-0.25, -0.2) is 0 Å². The van der Waals surface area contributed by atoms with Crippen molar-refractivity contribution in [2.24, 2.45) is 0 Å². The van der Waals surface area contributed by atoms with E-state index >= 15 is 0 Å². The van der Waals surface area contributed by atoms with Crippen molar-refractivity contribution in [1.82, 2.24) is 14.8 Å². The molecule has 0 aliphatic carbocycles. The Morgan fingerprint density at radius 3 is 2.52 bits per heavy atom. The fourth-order valence-electron chi connectivity index (χ4n) is 3.70. The van der Waals surface area contributed by atoms with E-state index < -0.39 is 0 Å². The molecule has 5 nitrogen and oxygen atoms in total. The quantitative estimate of drug-likeness (QED) is 0.427. The highest BCUT2D eigenvalue weighted by molar-refractivity contribution is 6.11. The first-order chi connectivity index (χ1) is 15.3. The van der Waals surface area contributed by atoms with Crippen LogP contribution in [0.25, 0.3) is 22.0 Å². The molecule has 150 valence electrons. The van der Waals surface area contributed by atoms with Crippen molar-refractivity contribution in [3.05, 3.63) is 115 Å². The lowest BCUT2D eigenvalue weighted by Gasteiger charge is -2.12. The van der Waals surface area contributed by atoms with Crippen LogP contribution in [0.15, 0.2) is 104 Å². The summed E-state index contributed by atoms with van der Waals surface area (Å²) in [7, 11) is 0. The Labute approximate surface area is 180 Å². The number of carbonyl (C=O) groups is 1. The summed E-state index contributed by atoms with van der Waals surface area (Å²) < 4.78 is 1.88. The molecule has 3 aromatic carbocycles. The van der Waals surface area contributed by atoms with Crippen LogP contribution in [0.2, 0.25) is 0 Å². The molecule has 5 heteroatoms. The second kappa shape index (κ2) is 8.24. The molecule has 0 fully saturated rings. The van der Waals surface area contributed by atoms with E-state index in [2.05, 4.69) is 27.5 Å². The third kappa shape index (κ3) is 3.94. The summed E-state index contributed by atoms with van der Waals surface area (Å²) in [4.78, 5) is 17.6. The van der Waals surface area contributed by atoms with Crippen molar-refractivity contribution >= 4 is 22.5 Å². The number of fused-ring (bicyclic) bond motifs is 1. The monoisotopic (exact) mass is 404 g/mol. The third-order valence-corrected chi connectivity index (χ3v) is 5.22. The normalized spacial score (nSPS) is 10.8. The number of rotatable bonds is 5. The van der Waals surface area contributed by atoms with E-state index in [0.29, 0.717) is 17.8 Å². The van der Waals surface area contributed by atoms with Crippen molar-refractivity contribution in [2.45, 2.75) is 6.54 Å². The number of hydrogen-bond acceptors (Lipinski definition) is 3. The molecule has 31 heavy (non-hydrogen) atoms. The summed E-state index contributed by atoms with van der Waals surface area (Å²) in [6, 6.07) is 27.4. The van der Waals surface area contributed by atoms with Crippen molar-refractivity contribution in [1.29, 1.82) is 0 Å². The zero-order chi connectivity index (χ0) is 21.0. The summed E-state index contributed by atoms with van der Waals surface area (Å²) in [5, 5.41) is 8.28. The molecule has 0 atom stereocenters. The molecular weight excluding hydrogens is 384 g/mol. The summed E-state index contributed by atoms with van der Waals surface area (Å²) >= 11 is 0. The van der Waals surface area contributed by atoms with Crippen LogP contribution in [0.3, 0.4) is 0 Å². The van der Waals surface area contributed by atoms with Gasteiger partial charge in [-0.1, -0.05) is 60.7 Å². The number of hydrogen-bond donors (Lipinski definition) is 1. The maximum absolute atomic E-state index is 13.2. The van der Waals surface area contributed by atoms with Gasteiger partial charge in [-0.15, -0.1) is 0 Å².